The van der Waals surface area contributed by atoms with Gasteiger partial charge in [-0.2, -0.15) is 0 Å². The fourth-order valence-corrected chi connectivity index (χ4v) is 2.44. The molecule has 0 saturated carbocycles. The zero-order chi connectivity index (χ0) is 14.9. The summed E-state index contributed by atoms with van der Waals surface area (Å²) in [7, 11) is 0. The van der Waals surface area contributed by atoms with Crippen molar-refractivity contribution in [3.8, 4) is 0 Å². The first kappa shape index (κ1) is 15.1. The number of nitrogens with one attached hydrogen (secondary N) is 1. The van der Waals surface area contributed by atoms with Crippen molar-refractivity contribution in [2.24, 2.45) is 0 Å². The lowest BCUT2D eigenvalue weighted by atomic mass is 10.1. The van der Waals surface area contributed by atoms with Gasteiger partial charge in [0.2, 0.25) is 0 Å². The molecule has 20 heavy (non-hydrogen) atoms. The number of aryl methyl sites for hydroxylation is 1. The summed E-state index contributed by atoms with van der Waals surface area (Å²) in [5.41, 5.74) is 0.873. The average molecular weight is 405 g/mol. The summed E-state index contributed by atoms with van der Waals surface area (Å²) >= 11 is 6.17. The van der Waals surface area contributed by atoms with E-state index in [0.29, 0.717) is 20.2 Å². The number of halogens is 4. The van der Waals surface area contributed by atoms with Gasteiger partial charge in [-0.05, 0) is 58.7 Å². The van der Waals surface area contributed by atoms with Gasteiger partial charge in [0.1, 0.15) is 11.6 Å². The molecule has 0 bridgehead atoms. The van der Waals surface area contributed by atoms with Gasteiger partial charge < -0.3 is 5.32 Å². The Morgan fingerprint density at radius 1 is 1.10 bits per heavy atom. The maximum Gasteiger partial charge on any atom is 0.258 e. The molecular formula is C14H9Br2F2NO. The fourth-order valence-electron chi connectivity index (χ4n) is 1.64. The van der Waals surface area contributed by atoms with Gasteiger partial charge >= 0.3 is 0 Å². The lowest BCUT2D eigenvalue weighted by Crippen LogP contribution is -2.14. The Bertz CT molecular complexity index is 689. The SMILES string of the molecule is Cc1cc(Br)c(F)cc1NC(=O)c1ccc(Br)cc1F. The summed E-state index contributed by atoms with van der Waals surface area (Å²) in [4.78, 5) is 12.0. The third-order valence-electron chi connectivity index (χ3n) is 2.69. The van der Waals surface area contributed by atoms with Crippen molar-refractivity contribution >= 4 is 43.5 Å². The van der Waals surface area contributed by atoms with E-state index >= 15 is 0 Å². The fraction of sp³-hybridized carbons (Fsp3) is 0.0714. The summed E-state index contributed by atoms with van der Waals surface area (Å²) in [6.45, 7) is 1.72. The summed E-state index contributed by atoms with van der Waals surface area (Å²) < 4.78 is 28.0. The molecule has 104 valence electrons. The molecule has 0 saturated heterocycles. The van der Waals surface area contributed by atoms with Gasteiger partial charge in [-0.25, -0.2) is 8.78 Å². The molecular weight excluding hydrogens is 396 g/mol. The second-order valence-corrected chi connectivity index (χ2v) is 5.93. The van der Waals surface area contributed by atoms with Crippen molar-refractivity contribution in [2.45, 2.75) is 6.92 Å². The number of hydrogen-bond acceptors (Lipinski definition) is 1. The number of rotatable bonds is 2. The molecule has 0 aromatic heterocycles. The van der Waals surface area contributed by atoms with E-state index in [0.717, 1.165) is 0 Å². The molecule has 2 aromatic rings. The number of benzene rings is 2. The van der Waals surface area contributed by atoms with Crippen LogP contribution in [-0.4, -0.2) is 5.91 Å². The van der Waals surface area contributed by atoms with Crippen molar-refractivity contribution in [3.05, 3.63) is 62.0 Å². The highest BCUT2D eigenvalue weighted by Gasteiger charge is 2.14. The molecule has 0 radical (unpaired) electrons. The molecule has 0 fully saturated rings. The van der Waals surface area contributed by atoms with Crippen LogP contribution in [0.5, 0.6) is 0 Å². The molecule has 2 aromatic carbocycles. The van der Waals surface area contributed by atoms with Gasteiger partial charge in [0.15, 0.2) is 0 Å². The second-order valence-electron chi connectivity index (χ2n) is 4.16. The first-order valence-corrected chi connectivity index (χ1v) is 7.19. The molecule has 0 heterocycles. The van der Waals surface area contributed by atoms with Crippen molar-refractivity contribution in [1.29, 1.82) is 0 Å². The molecule has 2 rings (SSSR count). The van der Waals surface area contributed by atoms with Gasteiger partial charge in [-0.3, -0.25) is 4.79 Å². The van der Waals surface area contributed by atoms with E-state index in [1.807, 2.05) is 0 Å². The smallest absolute Gasteiger partial charge is 0.258 e. The Labute approximate surface area is 131 Å². The van der Waals surface area contributed by atoms with E-state index in [1.54, 1.807) is 19.1 Å². The minimum atomic E-state index is -0.646. The van der Waals surface area contributed by atoms with Crippen LogP contribution >= 0.6 is 31.9 Å². The van der Waals surface area contributed by atoms with Crippen molar-refractivity contribution in [3.63, 3.8) is 0 Å². The number of amides is 1. The van der Waals surface area contributed by atoms with Gasteiger partial charge in [0.05, 0.1) is 10.0 Å². The average Bonchev–Trinajstić information content (AvgIpc) is 2.35. The van der Waals surface area contributed by atoms with Crippen LogP contribution in [0.1, 0.15) is 15.9 Å². The third-order valence-corrected chi connectivity index (χ3v) is 3.79. The molecule has 0 aliphatic carbocycles. The first-order valence-electron chi connectivity index (χ1n) is 5.60. The van der Waals surface area contributed by atoms with Crippen LogP contribution in [0.15, 0.2) is 39.3 Å². The van der Waals surface area contributed by atoms with E-state index in [2.05, 4.69) is 37.2 Å². The van der Waals surface area contributed by atoms with Crippen LogP contribution in [0.4, 0.5) is 14.5 Å². The predicted molar refractivity (Wildman–Crippen MR) is 80.9 cm³/mol. The third kappa shape index (κ3) is 3.24. The van der Waals surface area contributed by atoms with Crippen LogP contribution in [0.3, 0.4) is 0 Å². The van der Waals surface area contributed by atoms with Gasteiger partial charge in [0.25, 0.3) is 5.91 Å². The van der Waals surface area contributed by atoms with Crippen molar-refractivity contribution < 1.29 is 13.6 Å². The highest BCUT2D eigenvalue weighted by molar-refractivity contribution is 9.10. The Morgan fingerprint density at radius 3 is 2.45 bits per heavy atom. The molecule has 2 nitrogen and oxygen atoms in total. The zero-order valence-corrected chi connectivity index (χ0v) is 13.5. The number of anilines is 1. The lowest BCUT2D eigenvalue weighted by Gasteiger charge is -2.10. The van der Waals surface area contributed by atoms with Crippen LogP contribution in [-0.2, 0) is 0 Å². The van der Waals surface area contributed by atoms with E-state index in [-0.39, 0.29) is 5.56 Å². The van der Waals surface area contributed by atoms with Crippen LogP contribution in [0.2, 0.25) is 0 Å². The summed E-state index contributed by atoms with van der Waals surface area (Å²) in [5.74, 6) is -1.77. The molecule has 1 amide bonds. The van der Waals surface area contributed by atoms with E-state index in [1.165, 1.54) is 18.2 Å². The minimum Gasteiger partial charge on any atom is -0.322 e. The van der Waals surface area contributed by atoms with Gasteiger partial charge in [-0.1, -0.05) is 15.9 Å². The lowest BCUT2D eigenvalue weighted by molar-refractivity contribution is 0.102. The minimum absolute atomic E-state index is 0.101. The van der Waals surface area contributed by atoms with Gasteiger partial charge in [0, 0.05) is 10.2 Å². The normalized spacial score (nSPS) is 10.4. The Balaban J connectivity index is 2.30. The summed E-state index contributed by atoms with van der Waals surface area (Å²) in [6, 6.07) is 6.85. The summed E-state index contributed by atoms with van der Waals surface area (Å²) in [5, 5.41) is 2.50. The predicted octanol–water partition coefficient (Wildman–Crippen LogP) is 5.05. The maximum absolute atomic E-state index is 13.7. The molecule has 0 spiro atoms. The molecule has 0 atom stereocenters. The highest BCUT2D eigenvalue weighted by atomic mass is 79.9. The molecule has 0 unspecified atom stereocenters. The monoisotopic (exact) mass is 403 g/mol. The quantitative estimate of drug-likeness (QED) is 0.745. The maximum atomic E-state index is 13.7. The van der Waals surface area contributed by atoms with Crippen LogP contribution in [0.25, 0.3) is 0 Å². The Morgan fingerprint density at radius 2 is 1.80 bits per heavy atom. The topological polar surface area (TPSA) is 29.1 Å². The van der Waals surface area contributed by atoms with E-state index < -0.39 is 17.5 Å². The standard InChI is InChI=1S/C14H9Br2F2NO/c1-7-4-10(16)12(18)6-13(7)19-14(20)9-3-2-8(15)5-11(9)17/h2-6H,1H3,(H,19,20). The van der Waals surface area contributed by atoms with Crippen LogP contribution in [0, 0.1) is 18.6 Å². The van der Waals surface area contributed by atoms with Crippen molar-refractivity contribution in [2.75, 3.05) is 5.32 Å². The first-order chi connectivity index (χ1) is 9.38. The summed E-state index contributed by atoms with van der Waals surface area (Å²) in [6.07, 6.45) is 0. The Hall–Kier alpha value is -1.27. The van der Waals surface area contributed by atoms with Crippen molar-refractivity contribution in [1.82, 2.24) is 0 Å². The number of hydrogen-bond donors (Lipinski definition) is 1. The number of carbonyl (C=O) groups excluding carboxylic acids is 1. The molecule has 0 aliphatic rings. The number of carbonyl (C=O) groups is 1. The van der Waals surface area contributed by atoms with E-state index in [4.69, 9.17) is 0 Å². The van der Waals surface area contributed by atoms with Gasteiger partial charge in [-0.15, -0.1) is 0 Å². The molecule has 0 aliphatic heterocycles. The second kappa shape index (κ2) is 6.01. The van der Waals surface area contributed by atoms with Crippen LogP contribution < -0.4 is 5.32 Å². The molecule has 1 N–H and O–H groups in total. The Kier molecular flexibility index (Phi) is 4.55. The highest BCUT2D eigenvalue weighted by Crippen LogP contribution is 2.25. The zero-order valence-electron chi connectivity index (χ0n) is 10.3. The molecule has 6 heteroatoms. The largest absolute Gasteiger partial charge is 0.322 e. The van der Waals surface area contributed by atoms with E-state index in [9.17, 15) is 13.6 Å².